The molecule has 1 aromatic rings. The molecule has 0 fully saturated rings. The molecule has 0 aliphatic heterocycles. The standard InChI is InChI=1S/C13H19N5O3/c1-2-21-11-8-9(4-5-10(11)19)12(13(14)20)16-6-3-7-17-18-15/h4-5,8,12,16,19H,2-3,6-7H2,1H3,(H2,14,20). The number of phenolic OH excluding ortho intramolecular Hbond substituents is 1. The van der Waals surface area contributed by atoms with E-state index in [0.29, 0.717) is 37.4 Å². The molecule has 0 bridgehead atoms. The number of hydrogen-bond acceptors (Lipinski definition) is 5. The molecule has 8 heteroatoms. The number of azide groups is 1. The highest BCUT2D eigenvalue weighted by Crippen LogP contribution is 2.29. The molecule has 1 rings (SSSR count). The zero-order chi connectivity index (χ0) is 15.7. The summed E-state index contributed by atoms with van der Waals surface area (Å²) in [4.78, 5) is 14.2. The van der Waals surface area contributed by atoms with Gasteiger partial charge in [0.05, 0.1) is 6.61 Å². The van der Waals surface area contributed by atoms with Gasteiger partial charge < -0.3 is 20.9 Å². The molecule has 0 saturated carbocycles. The maximum Gasteiger partial charge on any atom is 0.239 e. The van der Waals surface area contributed by atoms with E-state index in [9.17, 15) is 9.90 Å². The summed E-state index contributed by atoms with van der Waals surface area (Å²) in [6.07, 6.45) is 0.588. The van der Waals surface area contributed by atoms with Gasteiger partial charge in [-0.25, -0.2) is 0 Å². The SMILES string of the molecule is CCOc1cc(C(NCCCN=[N+]=[N-])C(N)=O)ccc1O. The van der Waals surface area contributed by atoms with E-state index in [2.05, 4.69) is 15.3 Å². The molecule has 114 valence electrons. The third-order valence-electron chi connectivity index (χ3n) is 2.75. The highest BCUT2D eigenvalue weighted by molar-refractivity contribution is 5.81. The van der Waals surface area contributed by atoms with Crippen LogP contribution in [0.4, 0.5) is 0 Å². The number of nitrogens with zero attached hydrogens (tertiary/aromatic N) is 3. The molecule has 21 heavy (non-hydrogen) atoms. The fraction of sp³-hybridized carbons (Fsp3) is 0.462. The van der Waals surface area contributed by atoms with Gasteiger partial charge in [0.2, 0.25) is 5.91 Å². The summed E-state index contributed by atoms with van der Waals surface area (Å²) in [7, 11) is 0. The number of aromatic hydroxyl groups is 1. The lowest BCUT2D eigenvalue weighted by Crippen LogP contribution is -2.34. The van der Waals surface area contributed by atoms with Crippen molar-refractivity contribution in [1.82, 2.24) is 5.32 Å². The Bertz CT molecular complexity index is 529. The van der Waals surface area contributed by atoms with Crippen LogP contribution in [0.1, 0.15) is 24.9 Å². The van der Waals surface area contributed by atoms with Gasteiger partial charge in [0, 0.05) is 11.5 Å². The fourth-order valence-electron chi connectivity index (χ4n) is 1.80. The lowest BCUT2D eigenvalue weighted by molar-refractivity contribution is -0.120. The number of nitrogens with two attached hydrogens (primary N) is 1. The van der Waals surface area contributed by atoms with Crippen molar-refractivity contribution in [3.05, 3.63) is 34.2 Å². The van der Waals surface area contributed by atoms with Gasteiger partial charge in [-0.1, -0.05) is 11.2 Å². The van der Waals surface area contributed by atoms with Gasteiger partial charge in [-0.3, -0.25) is 4.79 Å². The number of amides is 1. The minimum absolute atomic E-state index is 0.00665. The summed E-state index contributed by atoms with van der Waals surface area (Å²) in [6.45, 7) is 3.01. The number of carbonyl (C=O) groups excluding carboxylic acids is 1. The molecule has 0 spiro atoms. The van der Waals surface area contributed by atoms with Crippen molar-refractivity contribution >= 4 is 5.91 Å². The minimum Gasteiger partial charge on any atom is -0.504 e. The van der Waals surface area contributed by atoms with Crippen LogP contribution >= 0.6 is 0 Å². The van der Waals surface area contributed by atoms with Crippen LogP contribution in [-0.4, -0.2) is 30.7 Å². The smallest absolute Gasteiger partial charge is 0.239 e. The molecule has 1 unspecified atom stereocenters. The maximum absolute atomic E-state index is 11.5. The zero-order valence-corrected chi connectivity index (χ0v) is 11.8. The Hall–Kier alpha value is -2.44. The van der Waals surface area contributed by atoms with Gasteiger partial charge in [0.1, 0.15) is 6.04 Å². The predicted molar refractivity (Wildman–Crippen MR) is 77.8 cm³/mol. The number of rotatable bonds is 9. The number of benzene rings is 1. The summed E-state index contributed by atoms with van der Waals surface area (Å²) in [5.41, 5.74) is 14.2. The Morgan fingerprint density at radius 2 is 2.38 bits per heavy atom. The molecule has 4 N–H and O–H groups in total. The average Bonchev–Trinajstić information content (AvgIpc) is 2.45. The van der Waals surface area contributed by atoms with E-state index in [0.717, 1.165) is 0 Å². The van der Waals surface area contributed by atoms with Crippen molar-refractivity contribution in [3.8, 4) is 11.5 Å². The molecule has 0 aliphatic rings. The van der Waals surface area contributed by atoms with Crippen LogP contribution < -0.4 is 15.8 Å². The van der Waals surface area contributed by atoms with E-state index >= 15 is 0 Å². The maximum atomic E-state index is 11.5. The van der Waals surface area contributed by atoms with Crippen LogP contribution in [0.3, 0.4) is 0 Å². The average molecular weight is 293 g/mol. The lowest BCUT2D eigenvalue weighted by atomic mass is 10.1. The van der Waals surface area contributed by atoms with Crippen molar-refractivity contribution < 1.29 is 14.6 Å². The van der Waals surface area contributed by atoms with Gasteiger partial charge in [0.25, 0.3) is 0 Å². The number of nitrogens with one attached hydrogen (secondary N) is 1. The first-order chi connectivity index (χ1) is 10.1. The van der Waals surface area contributed by atoms with Crippen molar-refractivity contribution in [2.75, 3.05) is 19.7 Å². The molecular formula is C13H19N5O3. The largest absolute Gasteiger partial charge is 0.504 e. The summed E-state index contributed by atoms with van der Waals surface area (Å²) in [6, 6.07) is 3.94. The van der Waals surface area contributed by atoms with Crippen LogP contribution in [0.2, 0.25) is 0 Å². The molecule has 0 radical (unpaired) electrons. The Balaban J connectivity index is 2.78. The fourth-order valence-corrected chi connectivity index (χ4v) is 1.80. The molecule has 1 aromatic carbocycles. The first kappa shape index (κ1) is 16.6. The number of hydrogen-bond donors (Lipinski definition) is 3. The molecule has 1 amide bonds. The van der Waals surface area contributed by atoms with Gasteiger partial charge in [0.15, 0.2) is 11.5 Å². The number of phenols is 1. The highest BCUT2D eigenvalue weighted by atomic mass is 16.5. The first-order valence-electron chi connectivity index (χ1n) is 6.59. The van der Waals surface area contributed by atoms with Gasteiger partial charge in [-0.15, -0.1) is 0 Å². The summed E-state index contributed by atoms with van der Waals surface area (Å²) in [5, 5.41) is 16.0. The number of carbonyl (C=O) groups is 1. The van der Waals surface area contributed by atoms with Crippen LogP contribution in [0, 0.1) is 0 Å². The van der Waals surface area contributed by atoms with Crippen LogP contribution in [0.15, 0.2) is 23.3 Å². The molecule has 1 atom stereocenters. The Labute approximate surface area is 122 Å². The van der Waals surface area contributed by atoms with Crippen LogP contribution in [0.25, 0.3) is 10.4 Å². The molecule has 0 saturated heterocycles. The zero-order valence-electron chi connectivity index (χ0n) is 11.8. The van der Waals surface area contributed by atoms with Gasteiger partial charge in [-0.05, 0) is 43.1 Å². The van der Waals surface area contributed by atoms with Crippen LogP contribution in [0.5, 0.6) is 11.5 Å². The first-order valence-corrected chi connectivity index (χ1v) is 6.59. The number of primary amides is 1. The number of ether oxygens (including phenoxy) is 1. The second-order valence-electron chi connectivity index (χ2n) is 4.26. The van der Waals surface area contributed by atoms with Crippen molar-refractivity contribution in [1.29, 1.82) is 0 Å². The van der Waals surface area contributed by atoms with Crippen LogP contribution in [-0.2, 0) is 4.79 Å². The van der Waals surface area contributed by atoms with Crippen molar-refractivity contribution in [2.45, 2.75) is 19.4 Å². The minimum atomic E-state index is -0.698. The topological polar surface area (TPSA) is 133 Å². The third kappa shape index (κ3) is 5.21. The normalized spacial score (nSPS) is 11.5. The van der Waals surface area contributed by atoms with E-state index in [1.54, 1.807) is 19.1 Å². The van der Waals surface area contributed by atoms with Crippen molar-refractivity contribution in [3.63, 3.8) is 0 Å². The monoisotopic (exact) mass is 293 g/mol. The summed E-state index contributed by atoms with van der Waals surface area (Å²) < 4.78 is 5.28. The summed E-state index contributed by atoms with van der Waals surface area (Å²) >= 11 is 0. The Kier molecular flexibility index (Phi) is 6.86. The van der Waals surface area contributed by atoms with E-state index in [1.807, 2.05) is 0 Å². The summed E-state index contributed by atoms with van der Waals surface area (Å²) in [5.74, 6) is -0.226. The van der Waals surface area contributed by atoms with E-state index < -0.39 is 11.9 Å². The Morgan fingerprint density at radius 1 is 1.62 bits per heavy atom. The quantitative estimate of drug-likeness (QED) is 0.276. The molecule has 8 nitrogen and oxygen atoms in total. The molecular weight excluding hydrogens is 274 g/mol. The Morgan fingerprint density at radius 3 is 3.00 bits per heavy atom. The van der Waals surface area contributed by atoms with E-state index in [1.165, 1.54) is 6.07 Å². The molecule has 0 heterocycles. The third-order valence-corrected chi connectivity index (χ3v) is 2.75. The highest BCUT2D eigenvalue weighted by Gasteiger charge is 2.18. The van der Waals surface area contributed by atoms with Gasteiger partial charge >= 0.3 is 0 Å². The van der Waals surface area contributed by atoms with E-state index in [-0.39, 0.29) is 5.75 Å². The lowest BCUT2D eigenvalue weighted by Gasteiger charge is -2.17. The second kappa shape index (κ2) is 8.68. The predicted octanol–water partition coefficient (Wildman–Crippen LogP) is 1.61. The molecule has 0 aromatic heterocycles. The molecule has 0 aliphatic carbocycles. The van der Waals surface area contributed by atoms with E-state index in [4.69, 9.17) is 16.0 Å². The van der Waals surface area contributed by atoms with Gasteiger partial charge in [-0.2, -0.15) is 0 Å². The second-order valence-corrected chi connectivity index (χ2v) is 4.26. The van der Waals surface area contributed by atoms with Crippen molar-refractivity contribution in [2.24, 2.45) is 10.8 Å².